The molecule has 5 N–H and O–H groups in total. The van der Waals surface area contributed by atoms with Crippen LogP contribution in [-0.2, 0) is 4.79 Å². The van der Waals surface area contributed by atoms with Crippen molar-refractivity contribution >= 4 is 23.3 Å². The Labute approximate surface area is 213 Å². The largest absolute Gasteiger partial charge is 0.474 e. The number of primary amides is 1. The smallest absolute Gasteiger partial charge is 0.272 e. The fourth-order valence-electron chi connectivity index (χ4n) is 5.39. The van der Waals surface area contributed by atoms with Crippen LogP contribution < -0.4 is 21.1 Å². The van der Waals surface area contributed by atoms with Gasteiger partial charge in [-0.05, 0) is 70.3 Å². The molecule has 0 aliphatic carbocycles. The second-order valence-corrected chi connectivity index (χ2v) is 10.0. The van der Waals surface area contributed by atoms with Crippen LogP contribution >= 0.6 is 0 Å². The standard InChI is InChI=1S/C28H37N5O3/c1-18-8-6-9-19(2)32(18)14-4-3-5-15-33-23-17-22(27(31)34)12-13-24(23)36-25(28(33)35)20-10-7-11-21(16-20)26(29)30/h7,10-13,16-19,25H,3-6,8-9,14-15H2,1-2H3,(H3,29,30)(H2,31,34)/t18-,19+,25?. The van der Waals surface area contributed by atoms with Crippen molar-refractivity contribution in [2.45, 2.75) is 70.6 Å². The lowest BCUT2D eigenvalue weighted by Crippen LogP contribution is -2.44. The topological polar surface area (TPSA) is 126 Å². The molecule has 2 aromatic carbocycles. The number of anilines is 1. The molecule has 0 radical (unpaired) electrons. The van der Waals surface area contributed by atoms with Gasteiger partial charge in [0, 0.05) is 35.3 Å². The van der Waals surface area contributed by atoms with Crippen molar-refractivity contribution in [1.82, 2.24) is 4.90 Å². The highest BCUT2D eigenvalue weighted by atomic mass is 16.5. The Balaban J connectivity index is 1.49. The number of nitrogens with two attached hydrogens (primary N) is 2. The third-order valence-corrected chi connectivity index (χ3v) is 7.44. The molecule has 1 saturated heterocycles. The first-order valence-corrected chi connectivity index (χ1v) is 12.9. The van der Waals surface area contributed by atoms with E-state index in [2.05, 4.69) is 18.7 Å². The number of nitrogen functional groups attached to an aromatic ring is 1. The first kappa shape index (κ1) is 25.7. The predicted molar refractivity (Wildman–Crippen MR) is 141 cm³/mol. The number of unbranched alkanes of at least 4 members (excludes halogenated alkanes) is 2. The zero-order valence-corrected chi connectivity index (χ0v) is 21.2. The van der Waals surface area contributed by atoms with Gasteiger partial charge >= 0.3 is 0 Å². The molecule has 0 saturated carbocycles. The number of piperidine rings is 1. The molecule has 2 heterocycles. The lowest BCUT2D eigenvalue weighted by Gasteiger charge is -2.39. The van der Waals surface area contributed by atoms with Crippen molar-refractivity contribution in [1.29, 1.82) is 5.41 Å². The number of hydrogen-bond acceptors (Lipinski definition) is 5. The third kappa shape index (κ3) is 5.54. The molecule has 36 heavy (non-hydrogen) atoms. The van der Waals surface area contributed by atoms with Crippen molar-refractivity contribution in [3.8, 4) is 5.75 Å². The Morgan fingerprint density at radius 1 is 1.00 bits per heavy atom. The SMILES string of the molecule is C[C@@H]1CCC[C@H](C)N1CCCCCN1C(=O)C(c2cccc(C(=N)N)c2)Oc2ccc(C(N)=O)cc21. The molecular formula is C28H37N5O3. The number of fused-ring (bicyclic) bond motifs is 1. The molecule has 2 aliphatic rings. The molecule has 8 nitrogen and oxygen atoms in total. The molecule has 1 fully saturated rings. The minimum absolute atomic E-state index is 0.0687. The summed E-state index contributed by atoms with van der Waals surface area (Å²) in [4.78, 5) is 29.8. The van der Waals surface area contributed by atoms with Crippen LogP contribution in [0.2, 0.25) is 0 Å². The lowest BCUT2D eigenvalue weighted by atomic mass is 9.97. The van der Waals surface area contributed by atoms with Gasteiger partial charge in [-0.15, -0.1) is 0 Å². The summed E-state index contributed by atoms with van der Waals surface area (Å²) in [7, 11) is 0. The van der Waals surface area contributed by atoms with Crippen molar-refractivity contribution in [2.24, 2.45) is 11.5 Å². The number of carbonyl (C=O) groups excluding carboxylic acids is 2. The Morgan fingerprint density at radius 2 is 1.72 bits per heavy atom. The van der Waals surface area contributed by atoms with Crippen LogP contribution in [0.15, 0.2) is 42.5 Å². The summed E-state index contributed by atoms with van der Waals surface area (Å²) in [6.45, 7) is 6.22. The molecule has 0 bridgehead atoms. The van der Waals surface area contributed by atoms with E-state index in [0.717, 1.165) is 25.8 Å². The number of amidine groups is 1. The average Bonchev–Trinajstić information content (AvgIpc) is 2.86. The van der Waals surface area contributed by atoms with Gasteiger partial charge in [-0.2, -0.15) is 0 Å². The zero-order valence-electron chi connectivity index (χ0n) is 21.2. The molecule has 3 atom stereocenters. The minimum atomic E-state index is -0.855. The van der Waals surface area contributed by atoms with Crippen LogP contribution in [-0.4, -0.2) is 47.7 Å². The van der Waals surface area contributed by atoms with E-state index in [4.69, 9.17) is 21.6 Å². The number of carbonyl (C=O) groups is 2. The number of nitrogens with zero attached hydrogens (tertiary/aromatic N) is 2. The van der Waals surface area contributed by atoms with E-state index in [0.29, 0.717) is 46.8 Å². The van der Waals surface area contributed by atoms with E-state index in [9.17, 15) is 9.59 Å². The predicted octanol–water partition coefficient (Wildman–Crippen LogP) is 3.97. The number of amides is 2. The zero-order chi connectivity index (χ0) is 25.8. The van der Waals surface area contributed by atoms with E-state index in [1.807, 2.05) is 0 Å². The molecule has 8 heteroatoms. The molecule has 4 rings (SSSR count). The van der Waals surface area contributed by atoms with Crippen molar-refractivity contribution < 1.29 is 14.3 Å². The fraction of sp³-hybridized carbons (Fsp3) is 0.464. The maximum absolute atomic E-state index is 13.6. The van der Waals surface area contributed by atoms with E-state index in [1.54, 1.807) is 47.4 Å². The summed E-state index contributed by atoms with van der Waals surface area (Å²) in [5.74, 6) is -0.302. The van der Waals surface area contributed by atoms with Crippen LogP contribution in [0, 0.1) is 5.41 Å². The highest BCUT2D eigenvalue weighted by molar-refractivity contribution is 6.03. The Kier molecular flexibility index (Phi) is 7.94. The molecule has 2 aliphatic heterocycles. The summed E-state index contributed by atoms with van der Waals surface area (Å²) >= 11 is 0. The molecule has 1 unspecified atom stereocenters. The van der Waals surface area contributed by atoms with Gasteiger partial charge in [0.05, 0.1) is 5.69 Å². The summed E-state index contributed by atoms with van der Waals surface area (Å²) in [6, 6.07) is 13.2. The van der Waals surface area contributed by atoms with Gasteiger partial charge in [0.15, 0.2) is 0 Å². The van der Waals surface area contributed by atoms with Crippen molar-refractivity contribution in [3.05, 3.63) is 59.2 Å². The number of nitrogens with one attached hydrogen (secondary N) is 1. The van der Waals surface area contributed by atoms with Crippen LogP contribution in [0.3, 0.4) is 0 Å². The minimum Gasteiger partial charge on any atom is -0.474 e. The normalized spacial score (nSPS) is 22.1. The molecule has 192 valence electrons. The Morgan fingerprint density at radius 3 is 2.42 bits per heavy atom. The summed E-state index contributed by atoms with van der Waals surface area (Å²) < 4.78 is 6.10. The van der Waals surface area contributed by atoms with Gasteiger partial charge in [0.25, 0.3) is 5.91 Å². The summed E-state index contributed by atoms with van der Waals surface area (Å²) in [6.07, 6.45) is 5.88. The molecule has 0 spiro atoms. The van der Waals surface area contributed by atoms with E-state index >= 15 is 0 Å². The van der Waals surface area contributed by atoms with Crippen LogP contribution in [0.1, 0.15) is 80.0 Å². The summed E-state index contributed by atoms with van der Waals surface area (Å²) in [5.41, 5.74) is 13.2. The molecule has 2 aromatic rings. The van der Waals surface area contributed by atoms with Gasteiger partial charge in [0.1, 0.15) is 11.6 Å². The van der Waals surface area contributed by atoms with Crippen molar-refractivity contribution in [2.75, 3.05) is 18.0 Å². The molecule has 2 amide bonds. The number of likely N-dealkylation sites (tertiary alicyclic amines) is 1. The first-order valence-electron chi connectivity index (χ1n) is 12.9. The fourth-order valence-corrected chi connectivity index (χ4v) is 5.39. The second-order valence-electron chi connectivity index (χ2n) is 10.0. The number of rotatable bonds is 9. The van der Waals surface area contributed by atoms with Gasteiger partial charge in [-0.1, -0.05) is 31.0 Å². The highest BCUT2D eigenvalue weighted by Gasteiger charge is 2.36. The number of benzene rings is 2. The average molecular weight is 492 g/mol. The maximum Gasteiger partial charge on any atom is 0.272 e. The third-order valence-electron chi connectivity index (χ3n) is 7.44. The number of ether oxygens (including phenoxy) is 1. The van der Waals surface area contributed by atoms with Gasteiger partial charge in [0.2, 0.25) is 12.0 Å². The monoisotopic (exact) mass is 491 g/mol. The highest BCUT2D eigenvalue weighted by Crippen LogP contribution is 2.40. The van der Waals surface area contributed by atoms with Crippen LogP contribution in [0.5, 0.6) is 5.75 Å². The van der Waals surface area contributed by atoms with Gasteiger partial charge in [-0.25, -0.2) is 0 Å². The molecular weight excluding hydrogens is 454 g/mol. The first-order chi connectivity index (χ1) is 17.3. The second kappa shape index (κ2) is 11.1. The van der Waals surface area contributed by atoms with Crippen LogP contribution in [0.4, 0.5) is 5.69 Å². The van der Waals surface area contributed by atoms with Gasteiger partial charge < -0.3 is 21.1 Å². The lowest BCUT2D eigenvalue weighted by molar-refractivity contribution is -0.126. The van der Waals surface area contributed by atoms with Crippen LogP contribution in [0.25, 0.3) is 0 Å². The quantitative estimate of drug-likeness (QED) is 0.278. The van der Waals surface area contributed by atoms with E-state index in [-0.39, 0.29) is 11.7 Å². The van der Waals surface area contributed by atoms with Crippen molar-refractivity contribution in [3.63, 3.8) is 0 Å². The van der Waals surface area contributed by atoms with E-state index < -0.39 is 12.0 Å². The Bertz CT molecular complexity index is 1120. The van der Waals surface area contributed by atoms with Gasteiger partial charge in [-0.3, -0.25) is 19.9 Å². The van der Waals surface area contributed by atoms with E-state index in [1.165, 1.54) is 19.3 Å². The molecule has 0 aromatic heterocycles. The summed E-state index contributed by atoms with van der Waals surface area (Å²) in [5, 5.41) is 7.74. The number of hydrogen-bond donors (Lipinski definition) is 3. The Hall–Kier alpha value is -3.39. The maximum atomic E-state index is 13.6.